The molecule has 2 nitrogen and oxygen atoms in total. The van der Waals surface area contributed by atoms with E-state index < -0.39 is 6.10 Å². The summed E-state index contributed by atoms with van der Waals surface area (Å²) in [5.41, 5.74) is 1.09. The van der Waals surface area contributed by atoms with E-state index in [1.165, 1.54) is 15.0 Å². The highest BCUT2D eigenvalue weighted by Gasteiger charge is 2.16. The SMILES string of the molecule is Cc1sc2ccccc2c1C(O)CN(C)C.Cl. The van der Waals surface area contributed by atoms with Crippen molar-refractivity contribution in [3.8, 4) is 0 Å². The minimum atomic E-state index is -0.397. The van der Waals surface area contributed by atoms with Gasteiger partial charge in [-0.2, -0.15) is 0 Å². The van der Waals surface area contributed by atoms with Crippen molar-refractivity contribution in [1.29, 1.82) is 0 Å². The van der Waals surface area contributed by atoms with Gasteiger partial charge in [-0.1, -0.05) is 18.2 Å². The van der Waals surface area contributed by atoms with Gasteiger partial charge in [0.1, 0.15) is 0 Å². The van der Waals surface area contributed by atoms with Crippen molar-refractivity contribution in [2.24, 2.45) is 0 Å². The topological polar surface area (TPSA) is 23.5 Å². The van der Waals surface area contributed by atoms with Crippen LogP contribution in [0.2, 0.25) is 0 Å². The van der Waals surface area contributed by atoms with Gasteiger partial charge in [-0.25, -0.2) is 0 Å². The number of aliphatic hydroxyl groups excluding tert-OH is 1. The summed E-state index contributed by atoms with van der Waals surface area (Å²) in [6, 6.07) is 8.27. The van der Waals surface area contributed by atoms with Crippen LogP contribution in [0.5, 0.6) is 0 Å². The van der Waals surface area contributed by atoms with E-state index in [2.05, 4.69) is 19.1 Å². The number of likely N-dealkylation sites (N-methyl/N-ethyl adjacent to an activating group) is 1. The highest BCUT2D eigenvalue weighted by Crippen LogP contribution is 2.34. The molecule has 4 heteroatoms. The average molecular weight is 272 g/mol. The summed E-state index contributed by atoms with van der Waals surface area (Å²) in [7, 11) is 3.96. The van der Waals surface area contributed by atoms with E-state index in [4.69, 9.17) is 0 Å². The predicted octanol–water partition coefficient (Wildman–Crippen LogP) is 3.23. The molecule has 1 aromatic heterocycles. The van der Waals surface area contributed by atoms with Gasteiger partial charge in [0.25, 0.3) is 0 Å². The maximum absolute atomic E-state index is 10.2. The van der Waals surface area contributed by atoms with E-state index in [1.807, 2.05) is 31.1 Å². The molecule has 1 aromatic carbocycles. The average Bonchev–Trinajstić information content (AvgIpc) is 2.52. The summed E-state index contributed by atoms with van der Waals surface area (Å²) in [6.45, 7) is 2.75. The Bertz CT molecular complexity index is 495. The summed E-state index contributed by atoms with van der Waals surface area (Å²) >= 11 is 1.76. The maximum atomic E-state index is 10.2. The van der Waals surface area contributed by atoms with Crippen molar-refractivity contribution in [1.82, 2.24) is 4.90 Å². The second kappa shape index (κ2) is 5.83. The van der Waals surface area contributed by atoms with Crippen LogP contribution in [0.25, 0.3) is 10.1 Å². The quantitative estimate of drug-likeness (QED) is 0.927. The van der Waals surface area contributed by atoms with Crippen LogP contribution < -0.4 is 0 Å². The molecular weight excluding hydrogens is 254 g/mol. The molecule has 0 radical (unpaired) electrons. The molecule has 17 heavy (non-hydrogen) atoms. The Labute approximate surface area is 112 Å². The van der Waals surface area contributed by atoms with Gasteiger partial charge in [0.05, 0.1) is 6.10 Å². The molecule has 0 saturated carbocycles. The number of hydrogen-bond acceptors (Lipinski definition) is 3. The molecule has 0 aliphatic carbocycles. The molecule has 2 rings (SSSR count). The van der Waals surface area contributed by atoms with Crippen molar-refractivity contribution >= 4 is 33.8 Å². The first-order valence-corrected chi connectivity index (χ1v) is 6.22. The summed E-state index contributed by atoms with van der Waals surface area (Å²) in [5, 5.41) is 11.4. The molecular formula is C13H18ClNOS. The third kappa shape index (κ3) is 2.99. The zero-order valence-electron chi connectivity index (χ0n) is 10.3. The Kier molecular flexibility index (Phi) is 4.95. The third-order valence-electron chi connectivity index (χ3n) is 2.69. The van der Waals surface area contributed by atoms with E-state index >= 15 is 0 Å². The molecule has 1 heterocycles. The van der Waals surface area contributed by atoms with Crippen molar-refractivity contribution < 1.29 is 5.11 Å². The highest BCUT2D eigenvalue weighted by molar-refractivity contribution is 7.19. The zero-order valence-corrected chi connectivity index (χ0v) is 11.9. The van der Waals surface area contributed by atoms with Crippen LogP contribution in [0.4, 0.5) is 0 Å². The van der Waals surface area contributed by atoms with Gasteiger partial charge in [0, 0.05) is 21.7 Å². The number of fused-ring (bicyclic) bond motifs is 1. The van der Waals surface area contributed by atoms with E-state index in [0.29, 0.717) is 6.54 Å². The minimum absolute atomic E-state index is 0. The first kappa shape index (κ1) is 14.5. The second-order valence-corrected chi connectivity index (χ2v) is 5.60. The van der Waals surface area contributed by atoms with Crippen LogP contribution in [-0.4, -0.2) is 30.6 Å². The summed E-state index contributed by atoms with van der Waals surface area (Å²) in [4.78, 5) is 3.23. The molecule has 1 N–H and O–H groups in total. The van der Waals surface area contributed by atoms with Gasteiger partial charge in [-0.15, -0.1) is 23.7 Å². The zero-order chi connectivity index (χ0) is 11.7. The maximum Gasteiger partial charge on any atom is 0.0933 e. The van der Waals surface area contributed by atoms with Crippen molar-refractivity contribution in [2.75, 3.05) is 20.6 Å². The van der Waals surface area contributed by atoms with Crippen LogP contribution in [0.1, 0.15) is 16.5 Å². The fraction of sp³-hybridized carbons (Fsp3) is 0.385. The Morgan fingerprint density at radius 1 is 1.29 bits per heavy atom. The largest absolute Gasteiger partial charge is 0.387 e. The standard InChI is InChI=1S/C13H17NOS.ClH/c1-9-13(11(15)8-14(2)3)10-6-4-5-7-12(10)16-9;/h4-7,11,15H,8H2,1-3H3;1H. The number of aryl methyl sites for hydroxylation is 1. The smallest absolute Gasteiger partial charge is 0.0933 e. The van der Waals surface area contributed by atoms with Gasteiger partial charge in [-0.05, 0) is 32.5 Å². The number of aliphatic hydroxyl groups is 1. The summed E-state index contributed by atoms with van der Waals surface area (Å²) < 4.78 is 1.26. The first-order chi connectivity index (χ1) is 7.59. The van der Waals surface area contributed by atoms with E-state index in [0.717, 1.165) is 5.56 Å². The number of hydrogen-bond donors (Lipinski definition) is 1. The molecule has 1 unspecified atom stereocenters. The molecule has 94 valence electrons. The monoisotopic (exact) mass is 271 g/mol. The van der Waals surface area contributed by atoms with Gasteiger partial charge in [0.15, 0.2) is 0 Å². The number of rotatable bonds is 3. The molecule has 0 fully saturated rings. The minimum Gasteiger partial charge on any atom is -0.387 e. The number of thiophene rings is 1. The summed E-state index contributed by atoms with van der Waals surface area (Å²) in [6.07, 6.45) is -0.397. The Morgan fingerprint density at radius 3 is 2.59 bits per heavy atom. The Balaban J connectivity index is 0.00000144. The number of halogens is 1. The molecule has 2 aromatic rings. The lowest BCUT2D eigenvalue weighted by Gasteiger charge is -2.16. The van der Waals surface area contributed by atoms with Gasteiger partial charge >= 0.3 is 0 Å². The van der Waals surface area contributed by atoms with Crippen molar-refractivity contribution in [3.05, 3.63) is 34.7 Å². The van der Waals surface area contributed by atoms with E-state index in [9.17, 15) is 5.11 Å². The predicted molar refractivity (Wildman–Crippen MR) is 77.3 cm³/mol. The van der Waals surface area contributed by atoms with Crippen LogP contribution in [0.15, 0.2) is 24.3 Å². The number of benzene rings is 1. The Hall–Kier alpha value is -0.610. The van der Waals surface area contributed by atoms with Crippen LogP contribution in [0, 0.1) is 6.92 Å². The molecule has 0 aliphatic heterocycles. The second-order valence-electron chi connectivity index (χ2n) is 4.35. The molecule has 1 atom stereocenters. The van der Waals surface area contributed by atoms with E-state index in [-0.39, 0.29) is 12.4 Å². The lowest BCUT2D eigenvalue weighted by Crippen LogP contribution is -2.20. The van der Waals surface area contributed by atoms with Gasteiger partial charge in [-0.3, -0.25) is 0 Å². The lowest BCUT2D eigenvalue weighted by molar-refractivity contribution is 0.139. The van der Waals surface area contributed by atoms with E-state index in [1.54, 1.807) is 11.3 Å². The molecule has 0 aliphatic rings. The van der Waals surface area contributed by atoms with Crippen LogP contribution in [-0.2, 0) is 0 Å². The summed E-state index contributed by atoms with van der Waals surface area (Å²) in [5.74, 6) is 0. The van der Waals surface area contributed by atoms with Gasteiger partial charge < -0.3 is 10.0 Å². The number of nitrogens with zero attached hydrogens (tertiary/aromatic N) is 1. The molecule has 0 bridgehead atoms. The lowest BCUT2D eigenvalue weighted by atomic mass is 10.1. The van der Waals surface area contributed by atoms with Crippen molar-refractivity contribution in [3.63, 3.8) is 0 Å². The van der Waals surface area contributed by atoms with Crippen molar-refractivity contribution in [2.45, 2.75) is 13.0 Å². The van der Waals surface area contributed by atoms with Crippen LogP contribution >= 0.6 is 23.7 Å². The normalized spacial score (nSPS) is 12.8. The third-order valence-corrected chi connectivity index (χ3v) is 3.79. The fourth-order valence-electron chi connectivity index (χ4n) is 2.04. The molecule has 0 spiro atoms. The fourth-order valence-corrected chi connectivity index (χ4v) is 3.16. The highest BCUT2D eigenvalue weighted by atomic mass is 35.5. The first-order valence-electron chi connectivity index (χ1n) is 5.40. The molecule has 0 saturated heterocycles. The van der Waals surface area contributed by atoms with Crippen LogP contribution in [0.3, 0.4) is 0 Å². The molecule has 0 amide bonds. The Morgan fingerprint density at radius 2 is 1.94 bits per heavy atom. The van der Waals surface area contributed by atoms with Gasteiger partial charge in [0.2, 0.25) is 0 Å².